The summed E-state index contributed by atoms with van der Waals surface area (Å²) in [6, 6.07) is 62.4. The third-order valence-electron chi connectivity index (χ3n) is 10.5. The van der Waals surface area contributed by atoms with E-state index in [1.165, 1.54) is 0 Å². The van der Waals surface area contributed by atoms with Crippen molar-refractivity contribution in [3.8, 4) is 51.5 Å². The molecule has 11 rings (SSSR count). The van der Waals surface area contributed by atoms with Crippen molar-refractivity contribution in [2.45, 2.75) is 6.67 Å². The maximum Gasteiger partial charge on any atom is 0.238 e. The van der Waals surface area contributed by atoms with Gasteiger partial charge in [0.05, 0.1) is 22.1 Å². The summed E-state index contributed by atoms with van der Waals surface area (Å²) < 4.78 is 6.57. The number of benzene rings is 7. The molecule has 0 aliphatic rings. The van der Waals surface area contributed by atoms with Gasteiger partial charge in [-0.2, -0.15) is 9.97 Å². The minimum Gasteiger partial charge on any atom is -0.397 e. The van der Waals surface area contributed by atoms with Crippen LogP contribution in [0.2, 0.25) is 0 Å². The summed E-state index contributed by atoms with van der Waals surface area (Å²) in [7, 11) is 0. The van der Waals surface area contributed by atoms with Gasteiger partial charge in [0.1, 0.15) is 5.82 Å². The summed E-state index contributed by atoms with van der Waals surface area (Å²) in [5, 5.41) is 9.62. The molecule has 11 aromatic rings. The molecule has 56 heavy (non-hydrogen) atoms. The van der Waals surface area contributed by atoms with E-state index in [2.05, 4.69) is 94.1 Å². The Balaban J connectivity index is 1.15. The Hall–Kier alpha value is -7.71. The van der Waals surface area contributed by atoms with E-state index in [0.717, 1.165) is 71.7 Å². The number of rotatable bonds is 7. The van der Waals surface area contributed by atoms with Crippen LogP contribution >= 0.6 is 0 Å². The first kappa shape index (κ1) is 31.8. The van der Waals surface area contributed by atoms with Crippen molar-refractivity contribution in [2.24, 2.45) is 0 Å². The highest BCUT2D eigenvalue weighted by Crippen LogP contribution is 2.38. The molecule has 0 unspecified atom stereocenters. The molecule has 0 aliphatic heterocycles. The topological polar surface area (TPSA) is 79.4 Å². The fourth-order valence-corrected chi connectivity index (χ4v) is 7.86. The molecule has 0 saturated heterocycles. The molecular formula is C48H32N8. The fourth-order valence-electron chi connectivity index (χ4n) is 7.86. The number of para-hydroxylation sites is 2. The predicted molar refractivity (Wildman–Crippen MR) is 222 cm³/mol. The van der Waals surface area contributed by atoms with Crippen molar-refractivity contribution in [3.63, 3.8) is 0 Å². The molecule has 0 spiro atoms. The van der Waals surface area contributed by atoms with Crippen LogP contribution < -0.4 is 9.78 Å². The van der Waals surface area contributed by atoms with Crippen LogP contribution in [0.3, 0.4) is 0 Å². The average Bonchev–Trinajstić information content (AvgIpc) is 3.94. The van der Waals surface area contributed by atoms with Crippen molar-refractivity contribution in [2.75, 3.05) is 0 Å². The Bertz CT molecular complexity index is 3140. The van der Waals surface area contributed by atoms with Crippen LogP contribution in [0.4, 0.5) is 0 Å². The maximum absolute atomic E-state index is 5.16. The predicted octanol–water partition coefficient (Wildman–Crippen LogP) is 9.89. The highest BCUT2D eigenvalue weighted by Gasteiger charge is 2.21. The number of hydrogen-bond acceptors (Lipinski definition) is 4. The molecule has 0 fully saturated rings. The number of aromatic nitrogens is 8. The molecule has 8 heteroatoms. The quantitative estimate of drug-likeness (QED) is 0.153. The first-order valence-corrected chi connectivity index (χ1v) is 18.6. The van der Waals surface area contributed by atoms with Gasteiger partial charge in [-0.15, -0.1) is 0 Å². The van der Waals surface area contributed by atoms with Gasteiger partial charge in [-0.3, -0.25) is 9.67 Å². The van der Waals surface area contributed by atoms with Gasteiger partial charge in [0.15, 0.2) is 18.3 Å². The van der Waals surface area contributed by atoms with E-state index in [1.54, 1.807) is 0 Å². The molecule has 264 valence electrons. The zero-order valence-electron chi connectivity index (χ0n) is 30.1. The Labute approximate surface area is 321 Å². The van der Waals surface area contributed by atoms with Gasteiger partial charge in [-0.1, -0.05) is 158 Å². The molecule has 0 aliphatic carbocycles. The summed E-state index contributed by atoms with van der Waals surface area (Å²) in [6.07, 6.45) is 0. The van der Waals surface area contributed by atoms with Crippen LogP contribution in [-0.4, -0.2) is 29.1 Å². The Kier molecular flexibility index (Phi) is 7.38. The Morgan fingerprint density at radius 3 is 1.52 bits per heavy atom. The molecule has 7 aromatic carbocycles. The van der Waals surface area contributed by atoms with Gasteiger partial charge in [0.2, 0.25) is 5.95 Å². The van der Waals surface area contributed by atoms with Gasteiger partial charge in [-0.05, 0) is 35.7 Å². The smallest absolute Gasteiger partial charge is 0.238 e. The lowest BCUT2D eigenvalue weighted by molar-refractivity contribution is -0.748. The SMILES string of the molecule is c1ccc(-c2nc(-c3ccccc3)nc(-n3c4ccccc4c4cc5c(cc43)c3ccccc3n5C[n+]3[n-]c(-c4ccccc4)nc3-c3ccccc3)n2)cc1. The largest absolute Gasteiger partial charge is 0.397 e. The maximum atomic E-state index is 5.16. The second-order valence-corrected chi connectivity index (χ2v) is 13.8. The summed E-state index contributed by atoms with van der Waals surface area (Å²) in [6.45, 7) is 0.465. The Morgan fingerprint density at radius 1 is 0.411 bits per heavy atom. The van der Waals surface area contributed by atoms with Gasteiger partial charge >= 0.3 is 0 Å². The fraction of sp³-hybridized carbons (Fsp3) is 0.0208. The van der Waals surface area contributed by atoms with Crippen molar-refractivity contribution >= 4 is 43.6 Å². The van der Waals surface area contributed by atoms with Crippen LogP contribution in [0.5, 0.6) is 0 Å². The van der Waals surface area contributed by atoms with Crippen LogP contribution in [0.1, 0.15) is 0 Å². The van der Waals surface area contributed by atoms with E-state index in [9.17, 15) is 0 Å². The first-order valence-electron chi connectivity index (χ1n) is 18.6. The number of nitrogens with zero attached hydrogens (tertiary/aromatic N) is 8. The van der Waals surface area contributed by atoms with Gasteiger partial charge in [-0.25, -0.2) is 9.67 Å². The standard InChI is InChI=1S/C48H32N8/c1-5-17-32(18-6-1)44-49-45(33-19-7-2-8-20-33)52-48(51-44)56-41-28-16-14-26-37(41)39-29-42-38(30-43(39)56)36-25-13-15-27-40(36)54(42)31-55-47(35-23-11-4-12-24-35)50-46(53-55)34-21-9-3-10-22-34/h1-30H,31H2. The first-order chi connectivity index (χ1) is 27.8. The molecule has 0 N–H and O–H groups in total. The highest BCUT2D eigenvalue weighted by molar-refractivity contribution is 6.18. The van der Waals surface area contributed by atoms with Gasteiger partial charge < -0.3 is 9.55 Å². The summed E-state index contributed by atoms with van der Waals surface area (Å²) in [4.78, 5) is 20.4. The molecule has 0 amide bonds. The summed E-state index contributed by atoms with van der Waals surface area (Å²) >= 11 is 0. The molecule has 8 nitrogen and oxygen atoms in total. The van der Waals surface area contributed by atoms with E-state index >= 15 is 0 Å². The highest BCUT2D eigenvalue weighted by atomic mass is 15.4. The van der Waals surface area contributed by atoms with Crippen LogP contribution in [0.15, 0.2) is 182 Å². The van der Waals surface area contributed by atoms with E-state index in [4.69, 9.17) is 25.0 Å². The van der Waals surface area contributed by atoms with Crippen LogP contribution in [-0.2, 0) is 6.67 Å². The molecule has 0 bridgehead atoms. The molecule has 0 atom stereocenters. The summed E-state index contributed by atoms with van der Waals surface area (Å²) in [5.41, 5.74) is 8.09. The van der Waals surface area contributed by atoms with E-state index in [-0.39, 0.29) is 0 Å². The number of hydrogen-bond donors (Lipinski definition) is 0. The molecule has 0 saturated carbocycles. The third-order valence-corrected chi connectivity index (χ3v) is 10.5. The van der Waals surface area contributed by atoms with Gasteiger partial charge in [0, 0.05) is 38.2 Å². The zero-order chi connectivity index (χ0) is 37.0. The molecular weight excluding hydrogens is 689 g/mol. The Morgan fingerprint density at radius 2 is 0.893 bits per heavy atom. The van der Waals surface area contributed by atoms with Crippen molar-refractivity contribution in [1.29, 1.82) is 0 Å². The molecule has 4 heterocycles. The third kappa shape index (κ3) is 5.27. The van der Waals surface area contributed by atoms with Crippen LogP contribution in [0.25, 0.3) is 95.1 Å². The van der Waals surface area contributed by atoms with E-state index < -0.39 is 0 Å². The van der Waals surface area contributed by atoms with Gasteiger partial charge in [0.25, 0.3) is 0 Å². The zero-order valence-corrected chi connectivity index (χ0v) is 30.1. The van der Waals surface area contributed by atoms with E-state index in [1.807, 2.05) is 102 Å². The second-order valence-electron chi connectivity index (χ2n) is 13.8. The minimum absolute atomic E-state index is 0.465. The van der Waals surface area contributed by atoms with E-state index in [0.29, 0.717) is 30.1 Å². The lowest BCUT2D eigenvalue weighted by atomic mass is 10.1. The monoisotopic (exact) mass is 720 g/mol. The molecule has 4 aromatic heterocycles. The van der Waals surface area contributed by atoms with Crippen molar-refractivity contribution in [1.82, 2.24) is 34.2 Å². The second kappa shape index (κ2) is 13.0. The number of fused-ring (bicyclic) bond motifs is 6. The average molecular weight is 721 g/mol. The van der Waals surface area contributed by atoms with Crippen LogP contribution in [0, 0.1) is 0 Å². The van der Waals surface area contributed by atoms with Crippen molar-refractivity contribution in [3.05, 3.63) is 182 Å². The van der Waals surface area contributed by atoms with Crippen molar-refractivity contribution < 1.29 is 4.68 Å². The lowest BCUT2D eigenvalue weighted by Crippen LogP contribution is -2.42. The minimum atomic E-state index is 0.465. The normalized spacial score (nSPS) is 11.6. The molecule has 0 radical (unpaired) electrons. The summed E-state index contributed by atoms with van der Waals surface area (Å²) in [5.74, 6) is 3.31. The lowest BCUT2D eigenvalue weighted by Gasteiger charge is -2.12.